The fraction of sp³-hybridized carbons (Fsp3) is 0.212. The molecule has 0 aliphatic carbocycles. The van der Waals surface area contributed by atoms with Crippen LogP contribution in [0.1, 0.15) is 39.0 Å². The largest absolute Gasteiger partial charge is 0.496 e. The highest BCUT2D eigenvalue weighted by molar-refractivity contribution is 9.10. The van der Waals surface area contributed by atoms with Crippen molar-refractivity contribution in [2.24, 2.45) is 5.92 Å². The first-order valence-electron chi connectivity index (χ1n) is 13.5. The highest BCUT2D eigenvalue weighted by atomic mass is 79.9. The van der Waals surface area contributed by atoms with Gasteiger partial charge in [0.15, 0.2) is 0 Å². The fourth-order valence-corrected chi connectivity index (χ4v) is 6.26. The molecule has 2 heterocycles. The quantitative estimate of drug-likeness (QED) is 0.256. The van der Waals surface area contributed by atoms with E-state index >= 15 is 0 Å². The summed E-state index contributed by atoms with van der Waals surface area (Å²) in [6, 6.07) is 21.5. The summed E-state index contributed by atoms with van der Waals surface area (Å²) >= 11 is 3.53. The van der Waals surface area contributed by atoms with Crippen LogP contribution in [-0.2, 0) is 20.9 Å². The Hall–Kier alpha value is -4.57. The number of carbonyl (C=O) groups excluding carboxylic acids is 3. The maximum absolute atomic E-state index is 14.4. The maximum Gasteiger partial charge on any atom is 0.311 e. The van der Waals surface area contributed by atoms with Crippen LogP contribution in [0.5, 0.6) is 5.75 Å². The SMILES string of the molecule is COC(=O)C1C(c2ccccc2)C(C(=O)NCc2ccc(F)cc2)N(C(=O)c2cccnc2)C1c1ccc(OC)c(Br)c1. The van der Waals surface area contributed by atoms with Gasteiger partial charge < -0.3 is 19.7 Å². The molecule has 4 aromatic rings. The van der Waals surface area contributed by atoms with Crippen molar-refractivity contribution in [3.63, 3.8) is 0 Å². The number of halogens is 2. The van der Waals surface area contributed by atoms with Gasteiger partial charge in [-0.05, 0) is 69.0 Å². The molecule has 2 amide bonds. The number of nitrogens with zero attached hydrogens (tertiary/aromatic N) is 2. The van der Waals surface area contributed by atoms with Crippen molar-refractivity contribution in [2.45, 2.75) is 24.5 Å². The summed E-state index contributed by atoms with van der Waals surface area (Å²) in [7, 11) is 2.83. The molecule has 1 aliphatic rings. The molecule has 4 atom stereocenters. The second-order valence-electron chi connectivity index (χ2n) is 10.1. The van der Waals surface area contributed by atoms with Gasteiger partial charge in [0.2, 0.25) is 5.91 Å². The van der Waals surface area contributed by atoms with Crippen LogP contribution in [0, 0.1) is 11.7 Å². The number of amides is 2. The molecule has 10 heteroatoms. The van der Waals surface area contributed by atoms with E-state index in [9.17, 15) is 18.8 Å². The van der Waals surface area contributed by atoms with Crippen LogP contribution in [0.25, 0.3) is 0 Å². The number of hydrogen-bond donors (Lipinski definition) is 1. The predicted octanol–water partition coefficient (Wildman–Crippen LogP) is 5.45. The normalized spacial score (nSPS) is 19.5. The lowest BCUT2D eigenvalue weighted by Gasteiger charge is -2.31. The van der Waals surface area contributed by atoms with Crippen molar-refractivity contribution in [3.8, 4) is 5.75 Å². The lowest BCUT2D eigenvalue weighted by Crippen LogP contribution is -2.48. The van der Waals surface area contributed by atoms with Gasteiger partial charge in [-0.2, -0.15) is 0 Å². The van der Waals surface area contributed by atoms with Crippen molar-refractivity contribution in [1.82, 2.24) is 15.2 Å². The van der Waals surface area contributed by atoms with Gasteiger partial charge in [-0.3, -0.25) is 19.4 Å². The van der Waals surface area contributed by atoms with Crippen LogP contribution in [0.3, 0.4) is 0 Å². The lowest BCUT2D eigenvalue weighted by molar-refractivity contribution is -0.146. The standard InChI is InChI=1S/C33H29BrFN3O5/c1-42-26-15-12-22(17-25(26)34)29-28(33(41)43-2)27(21-7-4-3-5-8-21)30(38(29)32(40)23-9-6-16-36-19-23)31(39)37-18-20-10-13-24(35)14-11-20/h3-17,19,27-30H,18H2,1-2H3,(H,37,39). The highest BCUT2D eigenvalue weighted by Gasteiger charge is 2.58. The molecule has 1 aliphatic heterocycles. The molecule has 1 fully saturated rings. The molecule has 1 N–H and O–H groups in total. The summed E-state index contributed by atoms with van der Waals surface area (Å²) in [5.74, 6) is -3.06. The molecule has 5 rings (SSSR count). The molecule has 220 valence electrons. The second-order valence-corrected chi connectivity index (χ2v) is 10.9. The Morgan fingerprint density at radius 3 is 2.33 bits per heavy atom. The van der Waals surface area contributed by atoms with Gasteiger partial charge in [0.05, 0.1) is 36.2 Å². The molecule has 4 unspecified atom stereocenters. The third-order valence-corrected chi connectivity index (χ3v) is 8.25. The van der Waals surface area contributed by atoms with Gasteiger partial charge in [-0.25, -0.2) is 4.39 Å². The molecule has 3 aromatic carbocycles. The van der Waals surface area contributed by atoms with Crippen LogP contribution in [-0.4, -0.2) is 47.9 Å². The van der Waals surface area contributed by atoms with Crippen LogP contribution in [0.2, 0.25) is 0 Å². The second kappa shape index (κ2) is 13.2. The van der Waals surface area contributed by atoms with E-state index in [0.29, 0.717) is 26.9 Å². The van der Waals surface area contributed by atoms with Crippen LogP contribution < -0.4 is 10.1 Å². The Kier molecular flexibility index (Phi) is 9.16. The van der Waals surface area contributed by atoms with Crippen molar-refractivity contribution in [3.05, 3.63) is 130 Å². The monoisotopic (exact) mass is 645 g/mol. The number of likely N-dealkylation sites (tertiary alicyclic amines) is 1. The number of pyridine rings is 1. The number of methoxy groups -OCH3 is 2. The van der Waals surface area contributed by atoms with Gasteiger partial charge in [-0.1, -0.05) is 48.5 Å². The van der Waals surface area contributed by atoms with Crippen molar-refractivity contribution in [1.29, 1.82) is 0 Å². The summed E-state index contributed by atoms with van der Waals surface area (Å²) in [6.45, 7) is 0.0910. The Morgan fingerprint density at radius 1 is 0.953 bits per heavy atom. The number of esters is 1. The van der Waals surface area contributed by atoms with Gasteiger partial charge in [0, 0.05) is 24.9 Å². The van der Waals surface area contributed by atoms with E-state index < -0.39 is 47.5 Å². The lowest BCUT2D eigenvalue weighted by atomic mass is 9.79. The minimum absolute atomic E-state index is 0.0910. The summed E-state index contributed by atoms with van der Waals surface area (Å²) in [5.41, 5.74) is 2.23. The number of benzene rings is 3. The smallest absolute Gasteiger partial charge is 0.311 e. The van der Waals surface area contributed by atoms with E-state index in [2.05, 4.69) is 26.2 Å². The van der Waals surface area contributed by atoms with Gasteiger partial charge >= 0.3 is 5.97 Å². The van der Waals surface area contributed by atoms with Gasteiger partial charge in [0.25, 0.3) is 5.91 Å². The van der Waals surface area contributed by atoms with Gasteiger partial charge in [-0.15, -0.1) is 0 Å². The number of hydrogen-bond acceptors (Lipinski definition) is 6. The van der Waals surface area contributed by atoms with Crippen molar-refractivity contribution >= 4 is 33.7 Å². The Bertz CT molecular complexity index is 1600. The molecule has 0 spiro atoms. The minimum atomic E-state index is -1.12. The first-order chi connectivity index (χ1) is 20.8. The maximum atomic E-state index is 14.4. The fourth-order valence-electron chi connectivity index (χ4n) is 5.70. The third-order valence-electron chi connectivity index (χ3n) is 7.63. The molecular formula is C33H29BrFN3O5. The van der Waals surface area contributed by atoms with Gasteiger partial charge in [0.1, 0.15) is 17.6 Å². The van der Waals surface area contributed by atoms with E-state index in [1.54, 1.807) is 48.7 Å². The number of rotatable bonds is 8. The zero-order chi connectivity index (χ0) is 30.5. The third kappa shape index (κ3) is 6.15. The number of nitrogens with one attached hydrogen (secondary N) is 1. The average molecular weight is 647 g/mol. The van der Waals surface area contributed by atoms with E-state index in [0.717, 1.165) is 0 Å². The molecule has 43 heavy (non-hydrogen) atoms. The molecule has 1 saturated heterocycles. The molecular weight excluding hydrogens is 617 g/mol. The summed E-state index contributed by atoms with van der Waals surface area (Å²) < 4.78 is 24.9. The molecule has 0 bridgehead atoms. The van der Waals surface area contributed by atoms with E-state index in [1.807, 2.05) is 30.3 Å². The number of ether oxygens (including phenoxy) is 2. The molecule has 8 nitrogen and oxygen atoms in total. The van der Waals surface area contributed by atoms with E-state index in [-0.39, 0.29) is 12.1 Å². The van der Waals surface area contributed by atoms with Crippen molar-refractivity contribution in [2.75, 3.05) is 14.2 Å². The van der Waals surface area contributed by atoms with Crippen LogP contribution in [0.15, 0.2) is 102 Å². The average Bonchev–Trinajstić information content (AvgIpc) is 3.40. The van der Waals surface area contributed by atoms with E-state index in [4.69, 9.17) is 9.47 Å². The first-order valence-corrected chi connectivity index (χ1v) is 14.3. The molecule has 0 radical (unpaired) electrons. The summed E-state index contributed by atoms with van der Waals surface area (Å²) in [6.07, 6.45) is 2.98. The Balaban J connectivity index is 1.69. The van der Waals surface area contributed by atoms with Crippen molar-refractivity contribution < 1.29 is 28.2 Å². The number of aromatic nitrogens is 1. The number of carbonyl (C=O) groups is 3. The first kappa shape index (κ1) is 29.9. The summed E-state index contributed by atoms with van der Waals surface area (Å²) in [5, 5.41) is 2.92. The Morgan fingerprint density at radius 2 is 1.70 bits per heavy atom. The topological polar surface area (TPSA) is 97.8 Å². The Labute approximate surface area is 257 Å². The summed E-state index contributed by atoms with van der Waals surface area (Å²) in [4.78, 5) is 47.9. The molecule has 0 saturated carbocycles. The predicted molar refractivity (Wildman–Crippen MR) is 161 cm³/mol. The minimum Gasteiger partial charge on any atom is -0.496 e. The zero-order valence-electron chi connectivity index (χ0n) is 23.4. The van der Waals surface area contributed by atoms with Crippen LogP contribution >= 0.6 is 15.9 Å². The zero-order valence-corrected chi connectivity index (χ0v) is 25.0. The van der Waals surface area contributed by atoms with Crippen LogP contribution in [0.4, 0.5) is 4.39 Å². The highest BCUT2D eigenvalue weighted by Crippen LogP contribution is 2.51. The molecule has 1 aromatic heterocycles. The van der Waals surface area contributed by atoms with E-state index in [1.165, 1.54) is 37.4 Å².